The predicted octanol–water partition coefficient (Wildman–Crippen LogP) is 3.44. The molecule has 76 valence electrons. The molecule has 0 spiro atoms. The van der Waals surface area contributed by atoms with Gasteiger partial charge in [-0.25, -0.2) is 4.98 Å². The molecule has 2 nitrogen and oxygen atoms in total. The van der Waals surface area contributed by atoms with Crippen LogP contribution in [0.25, 0.3) is 0 Å². The van der Waals surface area contributed by atoms with Gasteiger partial charge in [-0.3, -0.25) is 0 Å². The highest BCUT2D eigenvalue weighted by molar-refractivity contribution is 5.28. The number of hydrogen-bond donors (Lipinski definition) is 0. The lowest BCUT2D eigenvalue weighted by Gasteiger charge is -2.04. The molecule has 0 saturated carbocycles. The number of para-hydroxylation sites is 1. The number of aromatic nitrogens is 1. The first-order valence-electron chi connectivity index (χ1n) is 5.06. The molecule has 2 aromatic rings. The minimum atomic E-state index is 0.653. The molecular formula is C13H13NO. The molecule has 1 aromatic heterocycles. The van der Waals surface area contributed by atoms with Crippen LogP contribution >= 0.6 is 0 Å². The van der Waals surface area contributed by atoms with E-state index in [1.54, 1.807) is 6.20 Å². The van der Waals surface area contributed by atoms with Crippen molar-refractivity contribution in [2.75, 3.05) is 0 Å². The Morgan fingerprint density at radius 1 is 1.13 bits per heavy atom. The van der Waals surface area contributed by atoms with E-state index in [9.17, 15) is 0 Å². The Morgan fingerprint density at radius 3 is 2.67 bits per heavy atom. The summed E-state index contributed by atoms with van der Waals surface area (Å²) >= 11 is 0. The van der Waals surface area contributed by atoms with Crippen LogP contribution in [0.15, 0.2) is 48.7 Å². The zero-order valence-corrected chi connectivity index (χ0v) is 8.68. The molecule has 0 aliphatic carbocycles. The van der Waals surface area contributed by atoms with Crippen LogP contribution in [0.1, 0.15) is 12.5 Å². The summed E-state index contributed by atoms with van der Waals surface area (Å²) in [6.07, 6.45) is 2.77. The summed E-state index contributed by atoms with van der Waals surface area (Å²) in [5, 5.41) is 0. The van der Waals surface area contributed by atoms with E-state index in [2.05, 4.69) is 11.9 Å². The second-order valence-corrected chi connectivity index (χ2v) is 3.27. The van der Waals surface area contributed by atoms with Crippen LogP contribution in [0.3, 0.4) is 0 Å². The first-order valence-corrected chi connectivity index (χ1v) is 5.06. The van der Waals surface area contributed by atoms with E-state index < -0.39 is 0 Å². The van der Waals surface area contributed by atoms with Crippen molar-refractivity contribution in [1.82, 2.24) is 4.98 Å². The Labute approximate surface area is 89.6 Å². The fourth-order valence-corrected chi connectivity index (χ4v) is 1.34. The summed E-state index contributed by atoms with van der Waals surface area (Å²) in [7, 11) is 0. The lowest BCUT2D eigenvalue weighted by Crippen LogP contribution is -1.89. The number of aryl methyl sites for hydroxylation is 1. The Bertz CT molecular complexity index is 426. The van der Waals surface area contributed by atoms with Gasteiger partial charge in [-0.05, 0) is 30.2 Å². The van der Waals surface area contributed by atoms with E-state index in [-0.39, 0.29) is 0 Å². The Hall–Kier alpha value is -1.83. The second kappa shape index (κ2) is 4.60. The highest BCUT2D eigenvalue weighted by atomic mass is 16.5. The van der Waals surface area contributed by atoms with Crippen molar-refractivity contribution in [3.63, 3.8) is 0 Å². The van der Waals surface area contributed by atoms with Gasteiger partial charge in [0.15, 0.2) is 0 Å². The summed E-state index contributed by atoms with van der Waals surface area (Å²) < 4.78 is 5.61. The largest absolute Gasteiger partial charge is 0.439 e. The molecule has 0 bridgehead atoms. The van der Waals surface area contributed by atoms with Gasteiger partial charge in [0.25, 0.3) is 0 Å². The van der Waals surface area contributed by atoms with E-state index in [0.717, 1.165) is 12.2 Å². The van der Waals surface area contributed by atoms with E-state index in [4.69, 9.17) is 4.74 Å². The number of benzene rings is 1. The maximum atomic E-state index is 5.61. The van der Waals surface area contributed by atoms with Crippen LogP contribution in [-0.2, 0) is 6.42 Å². The van der Waals surface area contributed by atoms with E-state index in [1.165, 1.54) is 5.56 Å². The molecule has 1 aromatic carbocycles. The summed E-state index contributed by atoms with van der Waals surface area (Å²) in [5.74, 6) is 1.47. The van der Waals surface area contributed by atoms with Gasteiger partial charge in [0, 0.05) is 12.3 Å². The topological polar surface area (TPSA) is 22.1 Å². The average Bonchev–Trinajstić information content (AvgIpc) is 2.31. The summed E-state index contributed by atoms with van der Waals surface area (Å²) in [5.41, 5.74) is 1.23. The Kier molecular flexibility index (Phi) is 2.98. The zero-order valence-electron chi connectivity index (χ0n) is 8.68. The van der Waals surface area contributed by atoms with Gasteiger partial charge in [-0.15, -0.1) is 0 Å². The number of ether oxygens (including phenoxy) is 1. The molecule has 0 atom stereocenters. The number of rotatable bonds is 3. The normalized spacial score (nSPS) is 9.93. The first-order chi connectivity index (χ1) is 7.38. The van der Waals surface area contributed by atoms with Crippen molar-refractivity contribution >= 4 is 0 Å². The van der Waals surface area contributed by atoms with Crippen LogP contribution in [0.5, 0.6) is 11.6 Å². The maximum Gasteiger partial charge on any atom is 0.219 e. The van der Waals surface area contributed by atoms with Crippen LogP contribution in [-0.4, -0.2) is 4.98 Å². The molecule has 0 amide bonds. The van der Waals surface area contributed by atoms with Crippen molar-refractivity contribution in [1.29, 1.82) is 0 Å². The van der Waals surface area contributed by atoms with Gasteiger partial charge in [0.1, 0.15) is 5.75 Å². The fourth-order valence-electron chi connectivity index (χ4n) is 1.34. The van der Waals surface area contributed by atoms with Crippen molar-refractivity contribution in [2.45, 2.75) is 13.3 Å². The third-order valence-corrected chi connectivity index (χ3v) is 2.17. The molecule has 0 saturated heterocycles. The van der Waals surface area contributed by atoms with Crippen molar-refractivity contribution in [2.24, 2.45) is 0 Å². The minimum Gasteiger partial charge on any atom is -0.439 e. The van der Waals surface area contributed by atoms with Gasteiger partial charge in [-0.1, -0.05) is 25.1 Å². The van der Waals surface area contributed by atoms with Crippen LogP contribution in [0, 0.1) is 0 Å². The predicted molar refractivity (Wildman–Crippen MR) is 60.1 cm³/mol. The minimum absolute atomic E-state index is 0.653. The number of nitrogens with zero attached hydrogens (tertiary/aromatic N) is 1. The van der Waals surface area contributed by atoms with Gasteiger partial charge >= 0.3 is 0 Å². The number of pyridine rings is 1. The van der Waals surface area contributed by atoms with Crippen molar-refractivity contribution in [3.8, 4) is 11.6 Å². The molecule has 15 heavy (non-hydrogen) atoms. The Balaban J connectivity index is 2.17. The molecule has 0 fully saturated rings. The molecule has 0 N–H and O–H groups in total. The van der Waals surface area contributed by atoms with E-state index in [1.807, 2.05) is 42.5 Å². The molecule has 0 aliphatic heterocycles. The van der Waals surface area contributed by atoms with Crippen molar-refractivity contribution in [3.05, 3.63) is 54.2 Å². The van der Waals surface area contributed by atoms with Crippen LogP contribution in [0.4, 0.5) is 0 Å². The van der Waals surface area contributed by atoms with Gasteiger partial charge in [-0.2, -0.15) is 0 Å². The highest BCUT2D eigenvalue weighted by Gasteiger charge is 1.98. The molecule has 0 radical (unpaired) electrons. The number of hydrogen-bond acceptors (Lipinski definition) is 2. The van der Waals surface area contributed by atoms with Crippen LogP contribution in [0.2, 0.25) is 0 Å². The molecule has 0 aliphatic rings. The maximum absolute atomic E-state index is 5.61. The summed E-state index contributed by atoms with van der Waals surface area (Å²) in [6.45, 7) is 2.11. The lowest BCUT2D eigenvalue weighted by molar-refractivity contribution is 0.462. The average molecular weight is 199 g/mol. The molecule has 2 heteroatoms. The fraction of sp³-hybridized carbons (Fsp3) is 0.154. The molecular weight excluding hydrogens is 186 g/mol. The van der Waals surface area contributed by atoms with E-state index in [0.29, 0.717) is 5.88 Å². The molecule has 1 heterocycles. The monoisotopic (exact) mass is 199 g/mol. The van der Waals surface area contributed by atoms with Crippen LogP contribution < -0.4 is 4.74 Å². The third-order valence-electron chi connectivity index (χ3n) is 2.17. The zero-order chi connectivity index (χ0) is 10.5. The third kappa shape index (κ3) is 2.56. The van der Waals surface area contributed by atoms with Gasteiger partial charge < -0.3 is 4.74 Å². The van der Waals surface area contributed by atoms with Gasteiger partial charge in [0.05, 0.1) is 0 Å². The Morgan fingerprint density at radius 2 is 1.93 bits per heavy atom. The van der Waals surface area contributed by atoms with Crippen molar-refractivity contribution < 1.29 is 4.74 Å². The molecule has 0 unspecified atom stereocenters. The SMILES string of the molecule is CCc1ccnc(Oc2ccccc2)c1. The highest BCUT2D eigenvalue weighted by Crippen LogP contribution is 2.19. The van der Waals surface area contributed by atoms with E-state index >= 15 is 0 Å². The molecule has 2 rings (SSSR count). The summed E-state index contributed by atoms with van der Waals surface area (Å²) in [4.78, 5) is 4.16. The standard InChI is InChI=1S/C13H13NO/c1-2-11-8-9-14-13(10-11)15-12-6-4-3-5-7-12/h3-10H,2H2,1H3. The first kappa shape index (κ1) is 9.71. The lowest BCUT2D eigenvalue weighted by atomic mass is 10.2. The summed E-state index contributed by atoms with van der Waals surface area (Å²) in [6, 6.07) is 13.6. The second-order valence-electron chi connectivity index (χ2n) is 3.27. The smallest absolute Gasteiger partial charge is 0.219 e. The van der Waals surface area contributed by atoms with Gasteiger partial charge in [0.2, 0.25) is 5.88 Å². The quantitative estimate of drug-likeness (QED) is 0.755.